The predicted molar refractivity (Wildman–Crippen MR) is 118 cm³/mol. The molecule has 144 valence electrons. The number of ether oxygens (including phenoxy) is 1. The van der Waals surface area contributed by atoms with Gasteiger partial charge in [-0.25, -0.2) is 0 Å². The summed E-state index contributed by atoms with van der Waals surface area (Å²) in [5, 5.41) is 10.9. The largest absolute Gasteiger partial charge is 0.494 e. The first-order valence-corrected chi connectivity index (χ1v) is 8.97. The fourth-order valence-electron chi connectivity index (χ4n) is 2.34. The monoisotopic (exact) mass is 471 g/mol. The molecule has 0 atom stereocenters. The Balaban J connectivity index is 0.00000338. The minimum Gasteiger partial charge on any atom is -0.494 e. The number of nitrogens with one attached hydrogen (secondary N) is 2. The number of nitrogens with zero attached hydrogens (tertiary/aromatic N) is 3. The van der Waals surface area contributed by atoms with Crippen LogP contribution in [-0.2, 0) is 6.54 Å². The summed E-state index contributed by atoms with van der Waals surface area (Å²) in [6.45, 7) is 8.16. The van der Waals surface area contributed by atoms with E-state index in [1.807, 2.05) is 41.2 Å². The van der Waals surface area contributed by atoms with E-state index in [1.165, 1.54) is 5.56 Å². The van der Waals surface area contributed by atoms with E-state index in [9.17, 15) is 0 Å². The molecule has 0 aliphatic heterocycles. The number of halogens is 1. The van der Waals surface area contributed by atoms with Crippen LogP contribution in [0, 0.1) is 6.92 Å². The summed E-state index contributed by atoms with van der Waals surface area (Å²) in [5.41, 5.74) is 1.19. The van der Waals surface area contributed by atoms with Crippen molar-refractivity contribution in [3.63, 3.8) is 0 Å². The second-order valence-corrected chi connectivity index (χ2v) is 5.84. The maximum Gasteiger partial charge on any atom is 0.191 e. The standard InChI is InChI=1S/C19H29N5O.HI/c1-3-20-19(21-11-7-13-24-16-17(2)15-23-24)22-12-8-14-25-18-9-5-4-6-10-18;/h4-6,9-10,15-16H,3,7-8,11-14H2,1-2H3,(H2,20,21,22);1H. The maximum atomic E-state index is 5.68. The zero-order chi connectivity index (χ0) is 17.7. The van der Waals surface area contributed by atoms with E-state index in [-0.39, 0.29) is 24.0 Å². The molecule has 0 radical (unpaired) electrons. The number of hydrogen-bond donors (Lipinski definition) is 2. The molecule has 2 N–H and O–H groups in total. The molecule has 0 bridgehead atoms. The van der Waals surface area contributed by atoms with Gasteiger partial charge in [-0.05, 0) is 38.0 Å². The van der Waals surface area contributed by atoms with Crippen molar-refractivity contribution in [2.45, 2.75) is 33.2 Å². The smallest absolute Gasteiger partial charge is 0.191 e. The molecule has 1 aromatic carbocycles. The van der Waals surface area contributed by atoms with Crippen LogP contribution >= 0.6 is 24.0 Å². The number of hydrogen-bond acceptors (Lipinski definition) is 3. The van der Waals surface area contributed by atoms with Gasteiger partial charge in [0.15, 0.2) is 5.96 Å². The number of aryl methyl sites for hydroxylation is 2. The number of benzene rings is 1. The lowest BCUT2D eigenvalue weighted by atomic mass is 10.3. The van der Waals surface area contributed by atoms with Crippen molar-refractivity contribution in [3.8, 4) is 5.75 Å². The van der Waals surface area contributed by atoms with Crippen LogP contribution in [0.25, 0.3) is 0 Å². The molecule has 0 saturated carbocycles. The van der Waals surface area contributed by atoms with Gasteiger partial charge in [-0.3, -0.25) is 9.67 Å². The van der Waals surface area contributed by atoms with E-state index in [2.05, 4.69) is 40.8 Å². The summed E-state index contributed by atoms with van der Waals surface area (Å²) in [6, 6.07) is 9.88. The summed E-state index contributed by atoms with van der Waals surface area (Å²) < 4.78 is 7.65. The van der Waals surface area contributed by atoms with Gasteiger partial charge in [0.05, 0.1) is 12.8 Å². The lowest BCUT2D eigenvalue weighted by Crippen LogP contribution is -2.38. The first-order valence-electron chi connectivity index (χ1n) is 8.97. The van der Waals surface area contributed by atoms with Crippen LogP contribution in [0.15, 0.2) is 47.7 Å². The first-order chi connectivity index (χ1) is 12.3. The molecule has 0 aliphatic carbocycles. The van der Waals surface area contributed by atoms with Gasteiger partial charge in [0.1, 0.15) is 5.75 Å². The molecule has 1 aromatic heterocycles. The second-order valence-electron chi connectivity index (χ2n) is 5.84. The molecule has 6 nitrogen and oxygen atoms in total. The average Bonchev–Trinajstić information content (AvgIpc) is 3.04. The topological polar surface area (TPSA) is 63.5 Å². The highest BCUT2D eigenvalue weighted by Gasteiger charge is 1.98. The number of para-hydroxylation sites is 1. The van der Waals surface area contributed by atoms with Gasteiger partial charge >= 0.3 is 0 Å². The highest BCUT2D eigenvalue weighted by atomic mass is 127. The molecule has 2 aromatic rings. The van der Waals surface area contributed by atoms with Gasteiger partial charge in [-0.2, -0.15) is 5.10 Å². The average molecular weight is 471 g/mol. The van der Waals surface area contributed by atoms with Crippen LogP contribution in [0.1, 0.15) is 25.3 Å². The Labute approximate surface area is 173 Å². The van der Waals surface area contributed by atoms with E-state index >= 15 is 0 Å². The Morgan fingerprint density at radius 1 is 1.19 bits per heavy atom. The van der Waals surface area contributed by atoms with Crippen LogP contribution < -0.4 is 15.4 Å². The summed E-state index contributed by atoms with van der Waals surface area (Å²) in [6.07, 6.45) is 5.84. The zero-order valence-corrected chi connectivity index (χ0v) is 18.0. The third-order valence-electron chi connectivity index (χ3n) is 3.55. The quantitative estimate of drug-likeness (QED) is 0.242. The number of aliphatic imine (C=N–C) groups is 1. The zero-order valence-electron chi connectivity index (χ0n) is 15.6. The summed E-state index contributed by atoms with van der Waals surface area (Å²) >= 11 is 0. The molecular weight excluding hydrogens is 441 g/mol. The Hall–Kier alpha value is -1.77. The van der Waals surface area contributed by atoms with Gasteiger partial charge in [-0.15, -0.1) is 24.0 Å². The number of guanidine groups is 1. The maximum absolute atomic E-state index is 5.68. The first kappa shape index (κ1) is 22.3. The van der Waals surface area contributed by atoms with Crippen molar-refractivity contribution in [1.29, 1.82) is 0 Å². The Bertz CT molecular complexity index is 630. The molecular formula is C19H30IN5O. The SMILES string of the molecule is CCNC(=NCCCOc1ccccc1)NCCCn1cc(C)cn1.I. The van der Waals surface area contributed by atoms with Crippen LogP contribution in [0.3, 0.4) is 0 Å². The van der Waals surface area contributed by atoms with Crippen molar-refractivity contribution in [1.82, 2.24) is 20.4 Å². The lowest BCUT2D eigenvalue weighted by Gasteiger charge is -2.11. The molecule has 0 saturated heterocycles. The van der Waals surface area contributed by atoms with Crippen LogP contribution in [0.4, 0.5) is 0 Å². The van der Waals surface area contributed by atoms with Gasteiger partial charge in [-0.1, -0.05) is 18.2 Å². The molecule has 2 rings (SSSR count). The lowest BCUT2D eigenvalue weighted by molar-refractivity contribution is 0.313. The summed E-state index contributed by atoms with van der Waals surface area (Å²) in [5.74, 6) is 1.77. The normalized spacial score (nSPS) is 10.9. The highest BCUT2D eigenvalue weighted by Crippen LogP contribution is 2.08. The van der Waals surface area contributed by atoms with E-state index in [4.69, 9.17) is 4.74 Å². The molecule has 0 amide bonds. The Morgan fingerprint density at radius 2 is 2.00 bits per heavy atom. The predicted octanol–water partition coefficient (Wildman–Crippen LogP) is 3.22. The van der Waals surface area contributed by atoms with Crippen molar-refractivity contribution in [3.05, 3.63) is 48.3 Å². The van der Waals surface area contributed by atoms with Crippen molar-refractivity contribution in [2.75, 3.05) is 26.2 Å². The minimum absolute atomic E-state index is 0. The van der Waals surface area contributed by atoms with Gasteiger partial charge in [0, 0.05) is 38.8 Å². The third-order valence-corrected chi connectivity index (χ3v) is 3.55. The van der Waals surface area contributed by atoms with Gasteiger partial charge < -0.3 is 15.4 Å². The number of rotatable bonds is 10. The summed E-state index contributed by atoms with van der Waals surface area (Å²) in [7, 11) is 0. The fourth-order valence-corrected chi connectivity index (χ4v) is 2.34. The second kappa shape index (κ2) is 13.4. The molecule has 0 aliphatic rings. The molecule has 1 heterocycles. The Morgan fingerprint density at radius 3 is 2.69 bits per heavy atom. The molecule has 7 heteroatoms. The van der Waals surface area contributed by atoms with Crippen molar-refractivity contribution >= 4 is 29.9 Å². The van der Waals surface area contributed by atoms with E-state index in [1.54, 1.807) is 0 Å². The molecule has 0 fully saturated rings. The van der Waals surface area contributed by atoms with Crippen LogP contribution in [0.2, 0.25) is 0 Å². The fraction of sp³-hybridized carbons (Fsp3) is 0.474. The van der Waals surface area contributed by atoms with Crippen molar-refractivity contribution < 1.29 is 4.74 Å². The van der Waals surface area contributed by atoms with Crippen LogP contribution in [0.5, 0.6) is 5.75 Å². The van der Waals surface area contributed by atoms with Crippen molar-refractivity contribution in [2.24, 2.45) is 4.99 Å². The molecule has 26 heavy (non-hydrogen) atoms. The summed E-state index contributed by atoms with van der Waals surface area (Å²) in [4.78, 5) is 4.59. The number of aromatic nitrogens is 2. The van der Waals surface area contributed by atoms with Gasteiger partial charge in [0.25, 0.3) is 0 Å². The van der Waals surface area contributed by atoms with E-state index in [0.29, 0.717) is 6.61 Å². The van der Waals surface area contributed by atoms with Crippen LogP contribution in [-0.4, -0.2) is 42.0 Å². The molecule has 0 spiro atoms. The minimum atomic E-state index is 0. The third kappa shape index (κ3) is 9.07. The Kier molecular flexibility index (Phi) is 11.5. The molecule has 0 unspecified atom stereocenters. The van der Waals surface area contributed by atoms with Gasteiger partial charge in [0.2, 0.25) is 0 Å². The van der Waals surface area contributed by atoms with E-state index in [0.717, 1.165) is 50.7 Å². The highest BCUT2D eigenvalue weighted by molar-refractivity contribution is 14.0. The van der Waals surface area contributed by atoms with E-state index < -0.39 is 0 Å².